The first kappa shape index (κ1) is 16.6. The van der Waals surface area contributed by atoms with E-state index in [1.165, 1.54) is 18.6 Å². The Labute approximate surface area is 149 Å². The molecule has 4 rings (SSSR count). The Bertz CT molecular complexity index is 875. The SMILES string of the molecule is Cc1cc(=O)c(C(=O)N2[C@@H]3CC[C@H]2CC(NC(=O)c2ccoc2)C3)n[nH]1. The van der Waals surface area contributed by atoms with Crippen LogP contribution in [0.25, 0.3) is 0 Å². The lowest BCUT2D eigenvalue weighted by atomic mass is 9.96. The third-order valence-corrected chi connectivity index (χ3v) is 5.21. The van der Waals surface area contributed by atoms with Gasteiger partial charge in [-0.05, 0) is 38.7 Å². The Morgan fingerprint density at radius 1 is 1.31 bits per heavy atom. The highest BCUT2D eigenvalue weighted by atomic mass is 16.3. The molecule has 2 aromatic rings. The molecular formula is C18H20N4O4. The van der Waals surface area contributed by atoms with Crippen molar-refractivity contribution in [1.29, 1.82) is 0 Å². The van der Waals surface area contributed by atoms with Crippen molar-refractivity contribution in [2.75, 3.05) is 0 Å². The number of aromatic amines is 1. The molecule has 26 heavy (non-hydrogen) atoms. The van der Waals surface area contributed by atoms with Crippen molar-refractivity contribution in [2.45, 2.75) is 50.7 Å². The lowest BCUT2D eigenvalue weighted by molar-refractivity contribution is 0.0541. The second-order valence-electron chi connectivity index (χ2n) is 7.02. The van der Waals surface area contributed by atoms with Gasteiger partial charge in [0, 0.05) is 29.9 Å². The summed E-state index contributed by atoms with van der Waals surface area (Å²) in [4.78, 5) is 39.0. The number of aryl methyl sites for hydroxylation is 1. The van der Waals surface area contributed by atoms with Crippen LogP contribution < -0.4 is 10.7 Å². The molecule has 2 amide bonds. The number of aromatic nitrogens is 2. The van der Waals surface area contributed by atoms with E-state index in [0.29, 0.717) is 24.1 Å². The van der Waals surface area contributed by atoms with Crippen molar-refractivity contribution in [3.63, 3.8) is 0 Å². The predicted molar refractivity (Wildman–Crippen MR) is 91.8 cm³/mol. The maximum atomic E-state index is 12.9. The summed E-state index contributed by atoms with van der Waals surface area (Å²) in [6.07, 6.45) is 5.98. The molecule has 2 bridgehead atoms. The van der Waals surface area contributed by atoms with Gasteiger partial charge in [-0.1, -0.05) is 0 Å². The number of hydrogen-bond acceptors (Lipinski definition) is 5. The molecule has 2 saturated heterocycles. The molecule has 2 aromatic heterocycles. The lowest BCUT2D eigenvalue weighted by Crippen LogP contribution is -2.53. The van der Waals surface area contributed by atoms with Crippen LogP contribution in [-0.4, -0.2) is 45.0 Å². The normalized spacial score (nSPS) is 24.5. The predicted octanol–water partition coefficient (Wildman–Crippen LogP) is 1.24. The molecule has 0 spiro atoms. The quantitative estimate of drug-likeness (QED) is 0.860. The van der Waals surface area contributed by atoms with Crippen LogP contribution >= 0.6 is 0 Å². The van der Waals surface area contributed by atoms with Crippen molar-refractivity contribution in [3.05, 3.63) is 51.8 Å². The number of carbonyl (C=O) groups excluding carboxylic acids is 2. The Kier molecular flexibility index (Phi) is 4.10. The summed E-state index contributed by atoms with van der Waals surface area (Å²) in [6, 6.07) is 3.04. The smallest absolute Gasteiger partial charge is 0.278 e. The van der Waals surface area contributed by atoms with Crippen LogP contribution in [0.2, 0.25) is 0 Å². The average Bonchev–Trinajstić information content (AvgIpc) is 3.21. The second-order valence-corrected chi connectivity index (χ2v) is 7.02. The summed E-state index contributed by atoms with van der Waals surface area (Å²) in [5.41, 5.74) is 0.691. The Morgan fingerprint density at radius 2 is 2.04 bits per heavy atom. The van der Waals surface area contributed by atoms with Crippen LogP contribution in [0, 0.1) is 6.92 Å². The summed E-state index contributed by atoms with van der Waals surface area (Å²) in [5, 5.41) is 9.66. The molecule has 136 valence electrons. The van der Waals surface area contributed by atoms with Gasteiger partial charge < -0.3 is 14.6 Å². The molecule has 2 fully saturated rings. The Morgan fingerprint density at radius 3 is 2.65 bits per heavy atom. The first-order valence-corrected chi connectivity index (χ1v) is 8.75. The summed E-state index contributed by atoms with van der Waals surface area (Å²) in [7, 11) is 0. The second kappa shape index (κ2) is 6.44. The number of furan rings is 1. The molecule has 0 saturated carbocycles. The number of amides is 2. The molecule has 0 aromatic carbocycles. The van der Waals surface area contributed by atoms with E-state index in [-0.39, 0.29) is 41.1 Å². The Balaban J connectivity index is 1.47. The summed E-state index contributed by atoms with van der Waals surface area (Å²) < 4.78 is 4.94. The fourth-order valence-electron chi connectivity index (χ4n) is 4.06. The van der Waals surface area contributed by atoms with Crippen LogP contribution in [0.3, 0.4) is 0 Å². The minimum Gasteiger partial charge on any atom is -0.472 e. The average molecular weight is 356 g/mol. The van der Waals surface area contributed by atoms with Gasteiger partial charge in [-0.25, -0.2) is 0 Å². The fourth-order valence-corrected chi connectivity index (χ4v) is 4.06. The zero-order valence-electron chi connectivity index (χ0n) is 14.4. The first-order valence-electron chi connectivity index (χ1n) is 8.75. The van der Waals surface area contributed by atoms with E-state index < -0.39 is 0 Å². The molecule has 0 radical (unpaired) electrons. The number of hydrogen-bond donors (Lipinski definition) is 2. The number of rotatable bonds is 3. The lowest BCUT2D eigenvalue weighted by Gasteiger charge is -2.38. The van der Waals surface area contributed by atoms with Crippen molar-refractivity contribution < 1.29 is 14.0 Å². The maximum absolute atomic E-state index is 12.9. The Hall–Kier alpha value is -2.90. The van der Waals surface area contributed by atoms with Crippen LogP contribution in [-0.2, 0) is 0 Å². The van der Waals surface area contributed by atoms with Gasteiger partial charge in [0.2, 0.25) is 5.43 Å². The number of nitrogens with one attached hydrogen (secondary N) is 2. The summed E-state index contributed by atoms with van der Waals surface area (Å²) >= 11 is 0. The van der Waals surface area contributed by atoms with E-state index in [0.717, 1.165) is 12.8 Å². The monoisotopic (exact) mass is 356 g/mol. The van der Waals surface area contributed by atoms with Crippen molar-refractivity contribution >= 4 is 11.8 Å². The third-order valence-electron chi connectivity index (χ3n) is 5.21. The van der Waals surface area contributed by atoms with Gasteiger partial charge in [-0.3, -0.25) is 19.5 Å². The molecule has 2 aliphatic heterocycles. The zero-order valence-corrected chi connectivity index (χ0v) is 14.4. The van der Waals surface area contributed by atoms with Crippen molar-refractivity contribution in [3.8, 4) is 0 Å². The highest BCUT2D eigenvalue weighted by molar-refractivity contribution is 5.94. The van der Waals surface area contributed by atoms with Gasteiger partial charge >= 0.3 is 0 Å². The van der Waals surface area contributed by atoms with Crippen LogP contribution in [0.4, 0.5) is 0 Å². The van der Waals surface area contributed by atoms with E-state index in [2.05, 4.69) is 15.5 Å². The molecule has 2 aliphatic rings. The number of H-pyrrole nitrogens is 1. The number of nitrogens with zero attached hydrogens (tertiary/aromatic N) is 2. The molecule has 0 aliphatic carbocycles. The molecule has 4 heterocycles. The first-order chi connectivity index (χ1) is 12.5. The number of piperidine rings is 1. The molecular weight excluding hydrogens is 336 g/mol. The highest BCUT2D eigenvalue weighted by Crippen LogP contribution is 2.36. The number of fused-ring (bicyclic) bond motifs is 2. The molecule has 3 atom stereocenters. The summed E-state index contributed by atoms with van der Waals surface area (Å²) in [5.74, 6) is -0.488. The fraction of sp³-hybridized carbons (Fsp3) is 0.444. The zero-order chi connectivity index (χ0) is 18.3. The van der Waals surface area contributed by atoms with Gasteiger partial charge in [-0.2, -0.15) is 5.10 Å². The van der Waals surface area contributed by atoms with Crippen molar-refractivity contribution in [1.82, 2.24) is 20.4 Å². The topological polar surface area (TPSA) is 108 Å². The molecule has 8 nitrogen and oxygen atoms in total. The van der Waals surface area contributed by atoms with Gasteiger partial charge in [0.1, 0.15) is 6.26 Å². The maximum Gasteiger partial charge on any atom is 0.278 e. The molecule has 2 N–H and O–H groups in total. The molecule has 8 heteroatoms. The third kappa shape index (κ3) is 2.91. The highest BCUT2D eigenvalue weighted by Gasteiger charge is 2.44. The summed E-state index contributed by atoms with van der Waals surface area (Å²) in [6.45, 7) is 1.72. The van der Waals surface area contributed by atoms with Crippen LogP contribution in [0.1, 0.15) is 52.2 Å². The minimum absolute atomic E-state index is 0.00297. The van der Waals surface area contributed by atoms with Gasteiger partial charge in [-0.15, -0.1) is 0 Å². The largest absolute Gasteiger partial charge is 0.472 e. The van der Waals surface area contributed by atoms with E-state index >= 15 is 0 Å². The van der Waals surface area contributed by atoms with Crippen LogP contribution in [0.15, 0.2) is 33.9 Å². The van der Waals surface area contributed by atoms with E-state index in [1.807, 2.05) is 0 Å². The van der Waals surface area contributed by atoms with Gasteiger partial charge in [0.15, 0.2) is 5.69 Å². The van der Waals surface area contributed by atoms with E-state index in [4.69, 9.17) is 4.42 Å². The van der Waals surface area contributed by atoms with Crippen molar-refractivity contribution in [2.24, 2.45) is 0 Å². The van der Waals surface area contributed by atoms with E-state index in [9.17, 15) is 14.4 Å². The van der Waals surface area contributed by atoms with Gasteiger partial charge in [0.05, 0.1) is 11.8 Å². The molecule has 1 unspecified atom stereocenters. The minimum atomic E-state index is -0.360. The number of carbonyl (C=O) groups is 2. The van der Waals surface area contributed by atoms with E-state index in [1.54, 1.807) is 17.9 Å². The van der Waals surface area contributed by atoms with Crippen LogP contribution in [0.5, 0.6) is 0 Å². The van der Waals surface area contributed by atoms with Gasteiger partial charge in [0.25, 0.3) is 11.8 Å². The standard InChI is InChI=1S/C18H20N4O4/c1-10-6-15(23)16(21-20-10)18(25)22-13-2-3-14(22)8-12(7-13)19-17(24)11-4-5-26-9-11/h4-6,9,12-14H,2-3,7-8H2,1H3,(H,19,24)(H,20,23)/t12?,13-,14+.